The minimum atomic E-state index is -0.610. The molecule has 1 aromatic carbocycles. The first kappa shape index (κ1) is 10.9. The van der Waals surface area contributed by atoms with Crippen molar-refractivity contribution >= 4 is 23.2 Å². The number of hydrogen-bond donors (Lipinski definition) is 0. The van der Waals surface area contributed by atoms with Crippen LogP contribution >= 0.6 is 11.6 Å². The normalized spacial score (nSPS) is 20.6. The maximum absolute atomic E-state index is 11.7. The third kappa shape index (κ3) is 1.87. The number of halogens is 1. The number of para-hydroxylation sites is 1. The SMILES string of the molecule is N#CC1COCC(=O)N1c1ccccc1Cl. The first-order chi connectivity index (χ1) is 7.74. The number of carbonyl (C=O) groups excluding carboxylic acids is 1. The number of carbonyl (C=O) groups is 1. The topological polar surface area (TPSA) is 53.3 Å². The number of amides is 1. The Balaban J connectivity index is 2.40. The molecular formula is C11H9ClN2O2. The average Bonchev–Trinajstić information content (AvgIpc) is 2.30. The fourth-order valence-electron chi connectivity index (χ4n) is 1.62. The van der Waals surface area contributed by atoms with Gasteiger partial charge >= 0.3 is 0 Å². The lowest BCUT2D eigenvalue weighted by Gasteiger charge is -2.31. The zero-order valence-electron chi connectivity index (χ0n) is 8.39. The molecule has 0 aromatic heterocycles. The number of hydrogen-bond acceptors (Lipinski definition) is 3. The van der Waals surface area contributed by atoms with Crippen LogP contribution in [-0.4, -0.2) is 25.2 Å². The van der Waals surface area contributed by atoms with Crippen molar-refractivity contribution < 1.29 is 9.53 Å². The number of morpholine rings is 1. The maximum atomic E-state index is 11.7. The molecular weight excluding hydrogens is 228 g/mol. The van der Waals surface area contributed by atoms with Gasteiger partial charge in [-0.2, -0.15) is 5.26 Å². The monoisotopic (exact) mass is 236 g/mol. The molecule has 5 heteroatoms. The molecule has 1 unspecified atom stereocenters. The van der Waals surface area contributed by atoms with Crippen LogP contribution in [0.1, 0.15) is 0 Å². The van der Waals surface area contributed by atoms with E-state index in [-0.39, 0.29) is 19.1 Å². The van der Waals surface area contributed by atoms with Gasteiger partial charge < -0.3 is 4.74 Å². The van der Waals surface area contributed by atoms with E-state index in [1.165, 1.54) is 4.90 Å². The molecule has 1 aliphatic heterocycles. The summed E-state index contributed by atoms with van der Waals surface area (Å²) in [5.74, 6) is -0.245. The fourth-order valence-corrected chi connectivity index (χ4v) is 1.85. The molecule has 0 N–H and O–H groups in total. The minimum Gasteiger partial charge on any atom is -0.368 e. The van der Waals surface area contributed by atoms with Gasteiger partial charge in [-0.1, -0.05) is 23.7 Å². The third-order valence-electron chi connectivity index (χ3n) is 2.34. The number of nitrogens with zero attached hydrogens (tertiary/aromatic N) is 2. The second-order valence-electron chi connectivity index (χ2n) is 3.38. The number of benzene rings is 1. The van der Waals surface area contributed by atoms with Gasteiger partial charge in [-0.05, 0) is 12.1 Å². The molecule has 1 amide bonds. The van der Waals surface area contributed by atoms with Gasteiger partial charge in [0.2, 0.25) is 0 Å². The van der Waals surface area contributed by atoms with Crippen LogP contribution in [0.4, 0.5) is 5.69 Å². The third-order valence-corrected chi connectivity index (χ3v) is 2.66. The van der Waals surface area contributed by atoms with Crippen LogP contribution in [0.25, 0.3) is 0 Å². The van der Waals surface area contributed by atoms with Gasteiger partial charge in [0, 0.05) is 0 Å². The second kappa shape index (κ2) is 4.52. The van der Waals surface area contributed by atoms with E-state index in [0.29, 0.717) is 10.7 Å². The van der Waals surface area contributed by atoms with Crippen LogP contribution in [0, 0.1) is 11.3 Å². The average molecular weight is 237 g/mol. The van der Waals surface area contributed by atoms with Crippen molar-refractivity contribution in [2.75, 3.05) is 18.1 Å². The molecule has 1 aromatic rings. The van der Waals surface area contributed by atoms with Gasteiger partial charge in [-0.3, -0.25) is 9.69 Å². The Bertz CT molecular complexity index is 456. The summed E-state index contributed by atoms with van der Waals surface area (Å²) in [6.07, 6.45) is 0. The van der Waals surface area contributed by atoms with E-state index in [4.69, 9.17) is 21.6 Å². The summed E-state index contributed by atoms with van der Waals surface area (Å²) >= 11 is 6.00. The lowest BCUT2D eigenvalue weighted by atomic mass is 10.2. The Kier molecular flexibility index (Phi) is 3.09. The highest BCUT2D eigenvalue weighted by molar-refractivity contribution is 6.33. The number of ether oxygens (including phenoxy) is 1. The van der Waals surface area contributed by atoms with Crippen LogP contribution in [0.3, 0.4) is 0 Å². The zero-order valence-corrected chi connectivity index (χ0v) is 9.15. The van der Waals surface area contributed by atoms with E-state index in [0.717, 1.165) is 0 Å². The van der Waals surface area contributed by atoms with Crippen molar-refractivity contribution in [3.63, 3.8) is 0 Å². The highest BCUT2D eigenvalue weighted by Crippen LogP contribution is 2.28. The molecule has 1 fully saturated rings. The quantitative estimate of drug-likeness (QED) is 0.744. The Hall–Kier alpha value is -1.57. The predicted molar refractivity (Wildman–Crippen MR) is 59.2 cm³/mol. The molecule has 1 saturated heterocycles. The molecule has 2 rings (SSSR count). The van der Waals surface area contributed by atoms with Crippen molar-refractivity contribution in [2.24, 2.45) is 0 Å². The summed E-state index contributed by atoms with van der Waals surface area (Å²) in [6, 6.07) is 8.38. The van der Waals surface area contributed by atoms with Crippen molar-refractivity contribution in [3.05, 3.63) is 29.3 Å². The van der Waals surface area contributed by atoms with Gasteiger partial charge in [-0.25, -0.2) is 0 Å². The number of rotatable bonds is 1. The summed E-state index contributed by atoms with van der Waals surface area (Å²) in [6.45, 7) is 0.205. The molecule has 4 nitrogen and oxygen atoms in total. The predicted octanol–water partition coefficient (Wildman–Crippen LogP) is 1.60. The summed E-state index contributed by atoms with van der Waals surface area (Å²) < 4.78 is 5.02. The van der Waals surface area contributed by atoms with Crippen LogP contribution in [0.15, 0.2) is 24.3 Å². The molecule has 1 aliphatic rings. The van der Waals surface area contributed by atoms with E-state index in [1.54, 1.807) is 24.3 Å². The highest BCUT2D eigenvalue weighted by Gasteiger charge is 2.30. The molecule has 0 radical (unpaired) electrons. The largest absolute Gasteiger partial charge is 0.368 e. The lowest BCUT2D eigenvalue weighted by Crippen LogP contribution is -2.49. The summed E-state index contributed by atoms with van der Waals surface area (Å²) in [5, 5.41) is 9.42. The molecule has 1 heterocycles. The summed E-state index contributed by atoms with van der Waals surface area (Å²) in [5.41, 5.74) is 0.559. The smallest absolute Gasteiger partial charge is 0.254 e. The molecule has 0 saturated carbocycles. The minimum absolute atomic E-state index is 0.0105. The van der Waals surface area contributed by atoms with Crippen molar-refractivity contribution in [1.29, 1.82) is 5.26 Å². The van der Waals surface area contributed by atoms with Crippen molar-refractivity contribution in [3.8, 4) is 6.07 Å². The van der Waals surface area contributed by atoms with Crippen LogP contribution in [0.2, 0.25) is 5.02 Å². The first-order valence-electron chi connectivity index (χ1n) is 4.78. The molecule has 16 heavy (non-hydrogen) atoms. The Labute approximate surface area is 98.0 Å². The number of nitriles is 1. The fraction of sp³-hybridized carbons (Fsp3) is 0.273. The van der Waals surface area contributed by atoms with Gasteiger partial charge in [0.25, 0.3) is 5.91 Å². The standard InChI is InChI=1S/C11H9ClN2O2/c12-9-3-1-2-4-10(9)14-8(5-13)6-16-7-11(14)15/h1-4,8H,6-7H2. The molecule has 82 valence electrons. The van der Waals surface area contributed by atoms with Gasteiger partial charge in [-0.15, -0.1) is 0 Å². The first-order valence-corrected chi connectivity index (χ1v) is 5.16. The van der Waals surface area contributed by atoms with E-state index in [1.807, 2.05) is 6.07 Å². The van der Waals surface area contributed by atoms with Crippen molar-refractivity contribution in [1.82, 2.24) is 0 Å². The van der Waals surface area contributed by atoms with Crippen LogP contribution < -0.4 is 4.90 Å². The van der Waals surface area contributed by atoms with Crippen LogP contribution in [-0.2, 0) is 9.53 Å². The van der Waals surface area contributed by atoms with E-state index in [2.05, 4.69) is 0 Å². The van der Waals surface area contributed by atoms with Gasteiger partial charge in [0.15, 0.2) is 0 Å². The molecule has 0 bridgehead atoms. The molecule has 1 atom stereocenters. The molecule has 0 aliphatic carbocycles. The summed E-state index contributed by atoms with van der Waals surface area (Å²) in [7, 11) is 0. The Morgan fingerprint density at radius 3 is 2.94 bits per heavy atom. The Morgan fingerprint density at radius 2 is 2.25 bits per heavy atom. The molecule has 0 spiro atoms. The van der Waals surface area contributed by atoms with Gasteiger partial charge in [0.05, 0.1) is 23.4 Å². The lowest BCUT2D eigenvalue weighted by molar-refractivity contribution is -0.126. The van der Waals surface area contributed by atoms with E-state index >= 15 is 0 Å². The van der Waals surface area contributed by atoms with E-state index in [9.17, 15) is 4.79 Å². The second-order valence-corrected chi connectivity index (χ2v) is 3.78. The zero-order chi connectivity index (χ0) is 11.5. The highest BCUT2D eigenvalue weighted by atomic mass is 35.5. The Morgan fingerprint density at radius 1 is 1.50 bits per heavy atom. The van der Waals surface area contributed by atoms with Crippen LogP contribution in [0.5, 0.6) is 0 Å². The summed E-state index contributed by atoms with van der Waals surface area (Å²) in [4.78, 5) is 13.1. The van der Waals surface area contributed by atoms with Crippen molar-refractivity contribution in [2.45, 2.75) is 6.04 Å². The number of anilines is 1. The maximum Gasteiger partial charge on any atom is 0.254 e. The van der Waals surface area contributed by atoms with Gasteiger partial charge in [0.1, 0.15) is 12.6 Å². The van der Waals surface area contributed by atoms with E-state index < -0.39 is 6.04 Å².